The summed E-state index contributed by atoms with van der Waals surface area (Å²) in [5.41, 5.74) is 2.20. The van der Waals surface area contributed by atoms with Crippen molar-refractivity contribution in [3.05, 3.63) is 53.6 Å². The molecular weight excluding hydrogens is 380 g/mol. The van der Waals surface area contributed by atoms with E-state index in [2.05, 4.69) is 10.6 Å². The number of aryl methyl sites for hydroxylation is 1. The fourth-order valence-corrected chi connectivity index (χ4v) is 3.57. The Balaban J connectivity index is 1.37. The van der Waals surface area contributed by atoms with Crippen molar-refractivity contribution in [3.63, 3.8) is 0 Å². The molecule has 0 atom stereocenters. The molecule has 0 saturated carbocycles. The minimum atomic E-state index is 0.0607. The Morgan fingerprint density at radius 2 is 1.70 bits per heavy atom. The van der Waals surface area contributed by atoms with E-state index in [1.54, 1.807) is 14.2 Å². The van der Waals surface area contributed by atoms with Crippen LogP contribution in [0.5, 0.6) is 17.2 Å². The molecule has 1 aliphatic heterocycles. The molecule has 2 N–H and O–H groups in total. The van der Waals surface area contributed by atoms with Gasteiger partial charge in [-0.05, 0) is 74.2 Å². The molecule has 6 heteroatoms. The van der Waals surface area contributed by atoms with Gasteiger partial charge in [-0.1, -0.05) is 18.2 Å². The first-order valence-corrected chi connectivity index (χ1v) is 10.6. The molecule has 6 nitrogen and oxygen atoms in total. The Hall–Kier alpha value is -2.73. The van der Waals surface area contributed by atoms with Crippen molar-refractivity contribution in [1.29, 1.82) is 0 Å². The number of piperidine rings is 1. The van der Waals surface area contributed by atoms with Crippen LogP contribution in [-0.4, -0.2) is 39.3 Å². The van der Waals surface area contributed by atoms with Crippen LogP contribution in [0.1, 0.15) is 36.8 Å². The topological polar surface area (TPSA) is 68.8 Å². The number of methoxy groups -OCH3 is 2. The number of nitrogens with one attached hydrogen (secondary N) is 2. The van der Waals surface area contributed by atoms with Crippen molar-refractivity contribution < 1.29 is 19.0 Å². The standard InChI is InChI=1S/C24H32N2O4/c1-28-22-11-8-18(16-23(22)29-2)4-3-5-24(27)26-17-19-6-9-20(10-7-19)30-21-12-14-25-15-13-21/h6-11,16,21,25H,3-5,12-15,17H2,1-2H3,(H,26,27). The van der Waals surface area contributed by atoms with E-state index in [1.807, 2.05) is 42.5 Å². The second-order valence-electron chi connectivity index (χ2n) is 7.53. The van der Waals surface area contributed by atoms with E-state index in [-0.39, 0.29) is 5.91 Å². The molecule has 0 spiro atoms. The molecule has 1 heterocycles. The lowest BCUT2D eigenvalue weighted by Crippen LogP contribution is -2.34. The fourth-order valence-electron chi connectivity index (χ4n) is 3.57. The summed E-state index contributed by atoms with van der Waals surface area (Å²) in [6, 6.07) is 13.9. The lowest BCUT2D eigenvalue weighted by molar-refractivity contribution is -0.121. The highest BCUT2D eigenvalue weighted by Gasteiger charge is 2.14. The Kier molecular flexibility index (Phi) is 8.39. The van der Waals surface area contributed by atoms with Crippen molar-refractivity contribution in [2.75, 3.05) is 27.3 Å². The molecule has 1 fully saturated rings. The van der Waals surface area contributed by atoms with Crippen molar-refractivity contribution in [1.82, 2.24) is 10.6 Å². The van der Waals surface area contributed by atoms with Crippen LogP contribution in [-0.2, 0) is 17.8 Å². The quantitative estimate of drug-likeness (QED) is 0.625. The summed E-state index contributed by atoms with van der Waals surface area (Å²) in [6.45, 7) is 2.56. The predicted octanol–water partition coefficient (Wildman–Crippen LogP) is 3.47. The van der Waals surface area contributed by atoms with Gasteiger partial charge in [-0.25, -0.2) is 0 Å². The van der Waals surface area contributed by atoms with E-state index in [1.165, 1.54) is 0 Å². The maximum Gasteiger partial charge on any atom is 0.220 e. The van der Waals surface area contributed by atoms with Gasteiger partial charge >= 0.3 is 0 Å². The first kappa shape index (κ1) is 22.0. The summed E-state index contributed by atoms with van der Waals surface area (Å²) < 4.78 is 16.6. The first-order valence-electron chi connectivity index (χ1n) is 10.6. The van der Waals surface area contributed by atoms with Gasteiger partial charge in [0.2, 0.25) is 5.91 Å². The van der Waals surface area contributed by atoms with Gasteiger partial charge in [0.05, 0.1) is 14.2 Å². The van der Waals surface area contributed by atoms with E-state index in [0.29, 0.717) is 30.6 Å². The van der Waals surface area contributed by atoms with Gasteiger partial charge in [-0.2, -0.15) is 0 Å². The summed E-state index contributed by atoms with van der Waals surface area (Å²) in [7, 11) is 3.25. The summed E-state index contributed by atoms with van der Waals surface area (Å²) in [5.74, 6) is 2.38. The monoisotopic (exact) mass is 412 g/mol. The lowest BCUT2D eigenvalue weighted by Gasteiger charge is -2.23. The van der Waals surface area contributed by atoms with Crippen molar-refractivity contribution in [2.24, 2.45) is 0 Å². The SMILES string of the molecule is COc1ccc(CCCC(=O)NCc2ccc(OC3CCNCC3)cc2)cc1OC. The van der Waals surface area contributed by atoms with Gasteiger partial charge in [-0.15, -0.1) is 0 Å². The summed E-state index contributed by atoms with van der Waals surface area (Å²) in [6.07, 6.45) is 4.47. The zero-order chi connectivity index (χ0) is 21.2. The summed E-state index contributed by atoms with van der Waals surface area (Å²) >= 11 is 0. The molecule has 162 valence electrons. The molecule has 0 radical (unpaired) electrons. The van der Waals surface area contributed by atoms with Crippen LogP contribution in [0.2, 0.25) is 0 Å². The number of ether oxygens (including phenoxy) is 3. The average Bonchev–Trinajstić information content (AvgIpc) is 2.79. The molecule has 1 saturated heterocycles. The third-order valence-corrected chi connectivity index (χ3v) is 5.32. The minimum absolute atomic E-state index is 0.0607. The predicted molar refractivity (Wildman–Crippen MR) is 117 cm³/mol. The number of amides is 1. The van der Waals surface area contributed by atoms with Crippen molar-refractivity contribution >= 4 is 5.91 Å². The Morgan fingerprint density at radius 1 is 1.00 bits per heavy atom. The van der Waals surface area contributed by atoms with Crippen LogP contribution < -0.4 is 24.8 Å². The number of hydrogen-bond acceptors (Lipinski definition) is 5. The molecule has 0 bridgehead atoms. The Labute approximate surface area is 178 Å². The third-order valence-electron chi connectivity index (χ3n) is 5.32. The van der Waals surface area contributed by atoms with Gasteiger partial charge < -0.3 is 24.8 Å². The molecule has 2 aromatic rings. The molecule has 2 aromatic carbocycles. The first-order chi connectivity index (χ1) is 14.7. The van der Waals surface area contributed by atoms with Gasteiger partial charge in [0.1, 0.15) is 11.9 Å². The Morgan fingerprint density at radius 3 is 2.40 bits per heavy atom. The smallest absolute Gasteiger partial charge is 0.220 e. The van der Waals surface area contributed by atoms with Crippen LogP contribution >= 0.6 is 0 Å². The second kappa shape index (κ2) is 11.5. The summed E-state index contributed by atoms with van der Waals surface area (Å²) in [4.78, 5) is 12.2. The molecule has 0 aliphatic carbocycles. The molecule has 30 heavy (non-hydrogen) atoms. The van der Waals surface area contributed by atoms with Crippen LogP contribution in [0, 0.1) is 0 Å². The summed E-state index contributed by atoms with van der Waals surface area (Å²) in [5, 5.41) is 6.33. The minimum Gasteiger partial charge on any atom is -0.493 e. The zero-order valence-electron chi connectivity index (χ0n) is 17.9. The maximum atomic E-state index is 12.2. The van der Waals surface area contributed by atoms with Crippen LogP contribution in [0.15, 0.2) is 42.5 Å². The fraction of sp³-hybridized carbons (Fsp3) is 0.458. The number of hydrogen-bond donors (Lipinski definition) is 2. The molecule has 1 amide bonds. The highest BCUT2D eigenvalue weighted by Crippen LogP contribution is 2.28. The second-order valence-corrected chi connectivity index (χ2v) is 7.53. The van der Waals surface area contributed by atoms with E-state index in [9.17, 15) is 4.79 Å². The average molecular weight is 413 g/mol. The number of rotatable bonds is 10. The van der Waals surface area contributed by atoms with Crippen LogP contribution in [0.4, 0.5) is 0 Å². The van der Waals surface area contributed by atoms with E-state index in [4.69, 9.17) is 14.2 Å². The third kappa shape index (κ3) is 6.66. The molecule has 0 unspecified atom stereocenters. The van der Waals surface area contributed by atoms with E-state index < -0.39 is 0 Å². The molecule has 3 rings (SSSR count). The normalized spacial score (nSPS) is 14.2. The zero-order valence-corrected chi connectivity index (χ0v) is 17.9. The highest BCUT2D eigenvalue weighted by atomic mass is 16.5. The number of carbonyl (C=O) groups excluding carboxylic acids is 1. The lowest BCUT2D eigenvalue weighted by atomic mass is 10.1. The van der Waals surface area contributed by atoms with Gasteiger partial charge in [0, 0.05) is 13.0 Å². The Bertz CT molecular complexity index is 801. The maximum absolute atomic E-state index is 12.2. The van der Waals surface area contributed by atoms with Crippen LogP contribution in [0.3, 0.4) is 0 Å². The molecule has 1 aliphatic rings. The van der Waals surface area contributed by atoms with E-state index >= 15 is 0 Å². The number of carbonyl (C=O) groups is 1. The largest absolute Gasteiger partial charge is 0.493 e. The van der Waals surface area contributed by atoms with Crippen molar-refractivity contribution in [3.8, 4) is 17.2 Å². The van der Waals surface area contributed by atoms with E-state index in [0.717, 1.165) is 55.6 Å². The van der Waals surface area contributed by atoms with Gasteiger partial charge in [-0.3, -0.25) is 4.79 Å². The van der Waals surface area contributed by atoms with Gasteiger partial charge in [0.25, 0.3) is 0 Å². The van der Waals surface area contributed by atoms with Crippen LogP contribution in [0.25, 0.3) is 0 Å². The highest BCUT2D eigenvalue weighted by molar-refractivity contribution is 5.75. The molecule has 0 aromatic heterocycles. The van der Waals surface area contributed by atoms with Gasteiger partial charge in [0.15, 0.2) is 11.5 Å². The molecular formula is C24H32N2O4. The van der Waals surface area contributed by atoms with Crippen molar-refractivity contribution in [2.45, 2.75) is 44.8 Å². The number of benzene rings is 2.